The SMILES string of the molecule is Cc1cc(CC(NN)c2ccc(Br)c(C)c2)n(C)n1. The highest BCUT2D eigenvalue weighted by Gasteiger charge is 2.14. The van der Waals surface area contributed by atoms with Gasteiger partial charge in [0, 0.05) is 23.6 Å². The zero-order valence-electron chi connectivity index (χ0n) is 11.4. The van der Waals surface area contributed by atoms with Crippen LogP contribution in [0.15, 0.2) is 28.7 Å². The van der Waals surface area contributed by atoms with Gasteiger partial charge in [0.05, 0.1) is 11.7 Å². The van der Waals surface area contributed by atoms with Gasteiger partial charge in [-0.15, -0.1) is 0 Å². The van der Waals surface area contributed by atoms with Crippen LogP contribution in [0.1, 0.15) is 28.6 Å². The van der Waals surface area contributed by atoms with E-state index in [1.54, 1.807) is 0 Å². The van der Waals surface area contributed by atoms with Gasteiger partial charge in [0.25, 0.3) is 0 Å². The van der Waals surface area contributed by atoms with Crippen LogP contribution in [-0.2, 0) is 13.5 Å². The number of nitrogens with one attached hydrogen (secondary N) is 1. The molecule has 5 heteroatoms. The summed E-state index contributed by atoms with van der Waals surface area (Å²) >= 11 is 3.52. The summed E-state index contributed by atoms with van der Waals surface area (Å²) in [5, 5.41) is 4.36. The first-order chi connectivity index (χ1) is 9.01. The summed E-state index contributed by atoms with van der Waals surface area (Å²) in [7, 11) is 1.96. The molecule has 1 unspecified atom stereocenters. The van der Waals surface area contributed by atoms with Crippen LogP contribution < -0.4 is 11.3 Å². The van der Waals surface area contributed by atoms with E-state index in [1.807, 2.05) is 18.7 Å². The predicted octanol–water partition coefficient (Wildman–Crippen LogP) is 2.55. The normalized spacial score (nSPS) is 12.7. The Morgan fingerprint density at radius 1 is 1.37 bits per heavy atom. The first-order valence-corrected chi connectivity index (χ1v) is 7.02. The molecule has 0 saturated carbocycles. The highest BCUT2D eigenvalue weighted by molar-refractivity contribution is 9.10. The summed E-state index contributed by atoms with van der Waals surface area (Å²) in [5.41, 5.74) is 7.48. The van der Waals surface area contributed by atoms with E-state index in [0.717, 1.165) is 16.6 Å². The Morgan fingerprint density at radius 2 is 2.11 bits per heavy atom. The third-order valence-corrected chi connectivity index (χ3v) is 4.19. The monoisotopic (exact) mass is 322 g/mol. The van der Waals surface area contributed by atoms with E-state index in [9.17, 15) is 0 Å². The van der Waals surface area contributed by atoms with Crippen molar-refractivity contribution in [3.05, 3.63) is 51.3 Å². The second kappa shape index (κ2) is 5.86. The van der Waals surface area contributed by atoms with Crippen LogP contribution in [0, 0.1) is 13.8 Å². The topological polar surface area (TPSA) is 55.9 Å². The number of halogens is 1. The highest BCUT2D eigenvalue weighted by atomic mass is 79.9. The van der Waals surface area contributed by atoms with Crippen LogP contribution in [0.4, 0.5) is 0 Å². The van der Waals surface area contributed by atoms with E-state index >= 15 is 0 Å². The molecular weight excluding hydrogens is 304 g/mol. The lowest BCUT2D eigenvalue weighted by Gasteiger charge is -2.17. The Labute approximate surface area is 122 Å². The molecule has 3 N–H and O–H groups in total. The highest BCUT2D eigenvalue weighted by Crippen LogP contribution is 2.23. The Bertz CT molecular complexity index is 577. The standard InChI is InChI=1S/C14H19BrN4/c1-9-6-11(4-5-13(9)15)14(17-16)8-12-7-10(2)18-19(12)3/h4-7,14,17H,8,16H2,1-3H3. The van der Waals surface area contributed by atoms with Crippen molar-refractivity contribution in [2.75, 3.05) is 0 Å². The average Bonchev–Trinajstić information content (AvgIpc) is 2.68. The maximum Gasteiger partial charge on any atom is 0.0596 e. The molecule has 0 aliphatic carbocycles. The second-order valence-corrected chi connectivity index (χ2v) is 5.69. The van der Waals surface area contributed by atoms with Crippen LogP contribution in [0.5, 0.6) is 0 Å². The van der Waals surface area contributed by atoms with Crippen LogP contribution in [0.3, 0.4) is 0 Å². The van der Waals surface area contributed by atoms with Gasteiger partial charge in [0.15, 0.2) is 0 Å². The number of hydrazine groups is 1. The molecule has 1 aromatic heterocycles. The van der Waals surface area contributed by atoms with Crippen LogP contribution in [0.25, 0.3) is 0 Å². The van der Waals surface area contributed by atoms with Crippen molar-refractivity contribution in [3.8, 4) is 0 Å². The van der Waals surface area contributed by atoms with Crippen molar-refractivity contribution in [2.24, 2.45) is 12.9 Å². The molecule has 0 amide bonds. The molecule has 2 rings (SSSR count). The maximum atomic E-state index is 5.71. The van der Waals surface area contributed by atoms with Crippen molar-refractivity contribution in [1.29, 1.82) is 0 Å². The molecule has 1 atom stereocenters. The number of hydrogen-bond donors (Lipinski definition) is 2. The van der Waals surface area contributed by atoms with Crippen molar-refractivity contribution < 1.29 is 0 Å². The van der Waals surface area contributed by atoms with Crippen molar-refractivity contribution in [1.82, 2.24) is 15.2 Å². The summed E-state index contributed by atoms with van der Waals surface area (Å²) in [6.45, 7) is 4.08. The molecule has 0 radical (unpaired) electrons. The summed E-state index contributed by atoms with van der Waals surface area (Å²) in [6, 6.07) is 8.48. The van der Waals surface area contributed by atoms with Gasteiger partial charge >= 0.3 is 0 Å². The molecule has 0 saturated heterocycles. The molecule has 1 heterocycles. The minimum absolute atomic E-state index is 0.0848. The summed E-state index contributed by atoms with van der Waals surface area (Å²) in [6.07, 6.45) is 0.814. The number of aromatic nitrogens is 2. The minimum atomic E-state index is 0.0848. The van der Waals surface area contributed by atoms with Gasteiger partial charge in [-0.3, -0.25) is 16.0 Å². The lowest BCUT2D eigenvalue weighted by atomic mass is 10.0. The first-order valence-electron chi connectivity index (χ1n) is 6.23. The summed E-state index contributed by atoms with van der Waals surface area (Å²) in [4.78, 5) is 0. The quantitative estimate of drug-likeness (QED) is 0.672. The van der Waals surface area contributed by atoms with E-state index in [4.69, 9.17) is 5.84 Å². The van der Waals surface area contributed by atoms with Crippen molar-refractivity contribution in [2.45, 2.75) is 26.3 Å². The Hall–Kier alpha value is -1.17. The van der Waals surface area contributed by atoms with Gasteiger partial charge in [-0.2, -0.15) is 5.10 Å². The van der Waals surface area contributed by atoms with Crippen LogP contribution in [0.2, 0.25) is 0 Å². The smallest absolute Gasteiger partial charge is 0.0596 e. The molecule has 0 fully saturated rings. The Morgan fingerprint density at radius 3 is 2.63 bits per heavy atom. The fourth-order valence-corrected chi connectivity index (χ4v) is 2.47. The van der Waals surface area contributed by atoms with Gasteiger partial charge < -0.3 is 0 Å². The molecule has 4 nitrogen and oxygen atoms in total. The molecule has 1 aromatic carbocycles. The molecule has 102 valence electrons. The second-order valence-electron chi connectivity index (χ2n) is 4.83. The summed E-state index contributed by atoms with van der Waals surface area (Å²) < 4.78 is 3.02. The Kier molecular flexibility index (Phi) is 4.39. The zero-order chi connectivity index (χ0) is 14.0. The number of nitrogens with two attached hydrogens (primary N) is 1. The van der Waals surface area contributed by atoms with Gasteiger partial charge in [-0.1, -0.05) is 28.1 Å². The Balaban J connectivity index is 2.24. The van der Waals surface area contributed by atoms with Gasteiger partial charge in [-0.05, 0) is 37.1 Å². The van der Waals surface area contributed by atoms with Crippen molar-refractivity contribution >= 4 is 15.9 Å². The van der Waals surface area contributed by atoms with E-state index in [1.165, 1.54) is 16.8 Å². The minimum Gasteiger partial charge on any atom is -0.272 e. The predicted molar refractivity (Wildman–Crippen MR) is 80.6 cm³/mol. The van der Waals surface area contributed by atoms with Crippen LogP contribution in [-0.4, -0.2) is 9.78 Å². The van der Waals surface area contributed by atoms with Crippen molar-refractivity contribution in [3.63, 3.8) is 0 Å². The molecule has 0 bridgehead atoms. The molecule has 19 heavy (non-hydrogen) atoms. The van der Waals surface area contributed by atoms with Gasteiger partial charge in [0.2, 0.25) is 0 Å². The molecule has 0 aliphatic heterocycles. The number of aryl methyl sites for hydroxylation is 3. The van der Waals surface area contributed by atoms with E-state index in [-0.39, 0.29) is 6.04 Å². The maximum absolute atomic E-state index is 5.71. The molecular formula is C14H19BrN4. The lowest BCUT2D eigenvalue weighted by Crippen LogP contribution is -2.30. The van der Waals surface area contributed by atoms with E-state index in [2.05, 4.69) is 57.6 Å². The third kappa shape index (κ3) is 3.23. The first kappa shape index (κ1) is 14.2. The molecule has 0 spiro atoms. The largest absolute Gasteiger partial charge is 0.272 e. The molecule has 0 aliphatic rings. The number of benzene rings is 1. The van der Waals surface area contributed by atoms with Gasteiger partial charge in [0.1, 0.15) is 0 Å². The van der Waals surface area contributed by atoms with Crippen LogP contribution >= 0.6 is 15.9 Å². The number of hydrogen-bond acceptors (Lipinski definition) is 3. The number of nitrogens with zero attached hydrogens (tertiary/aromatic N) is 2. The number of rotatable bonds is 4. The van der Waals surface area contributed by atoms with E-state index in [0.29, 0.717) is 0 Å². The third-order valence-electron chi connectivity index (χ3n) is 3.30. The molecule has 2 aromatic rings. The fourth-order valence-electron chi connectivity index (χ4n) is 2.22. The fraction of sp³-hybridized carbons (Fsp3) is 0.357. The average molecular weight is 323 g/mol. The zero-order valence-corrected chi connectivity index (χ0v) is 13.0. The lowest BCUT2D eigenvalue weighted by molar-refractivity contribution is 0.529. The van der Waals surface area contributed by atoms with E-state index < -0.39 is 0 Å². The van der Waals surface area contributed by atoms with Gasteiger partial charge in [-0.25, -0.2) is 0 Å². The summed E-state index contributed by atoms with van der Waals surface area (Å²) in [5.74, 6) is 5.71.